The van der Waals surface area contributed by atoms with Crippen molar-refractivity contribution in [3.63, 3.8) is 0 Å². The molecule has 0 saturated carbocycles. The van der Waals surface area contributed by atoms with Gasteiger partial charge < -0.3 is 9.64 Å². The maximum absolute atomic E-state index is 13.9. The van der Waals surface area contributed by atoms with E-state index in [9.17, 15) is 9.59 Å². The molecular weight excluding hydrogens is 412 g/mol. The molecule has 2 amide bonds. The third-order valence-electron chi connectivity index (χ3n) is 6.14. The summed E-state index contributed by atoms with van der Waals surface area (Å²) in [6.07, 6.45) is 1.67. The van der Waals surface area contributed by atoms with Crippen LogP contribution in [0.1, 0.15) is 30.0 Å². The van der Waals surface area contributed by atoms with Gasteiger partial charge in [-0.3, -0.25) is 9.59 Å². The van der Waals surface area contributed by atoms with Gasteiger partial charge in [0.05, 0.1) is 17.9 Å². The van der Waals surface area contributed by atoms with Crippen molar-refractivity contribution < 1.29 is 14.3 Å². The van der Waals surface area contributed by atoms with Gasteiger partial charge in [-0.05, 0) is 41.7 Å². The van der Waals surface area contributed by atoms with E-state index in [4.69, 9.17) is 4.74 Å². The third-order valence-corrected chi connectivity index (χ3v) is 6.14. The summed E-state index contributed by atoms with van der Waals surface area (Å²) in [6.45, 7) is 3.82. The monoisotopic (exact) mass is 438 g/mol. The number of amides is 2. The summed E-state index contributed by atoms with van der Waals surface area (Å²) in [5.74, 6) is -0.0721. The highest BCUT2D eigenvalue weighted by Crippen LogP contribution is 2.39. The van der Waals surface area contributed by atoms with E-state index in [0.717, 1.165) is 18.4 Å². The first-order chi connectivity index (χ1) is 16.2. The SMILES string of the molecule is CCCOc1ccccc1N1C(=O)C(c2ccccc2)=C(N2CCc3ccccc3C2)C1=O. The number of rotatable bonds is 6. The van der Waals surface area contributed by atoms with E-state index >= 15 is 0 Å². The number of carbonyl (C=O) groups is 2. The number of anilines is 1. The highest BCUT2D eigenvalue weighted by atomic mass is 16.5. The van der Waals surface area contributed by atoms with Crippen LogP contribution in [-0.2, 0) is 22.6 Å². The first-order valence-corrected chi connectivity index (χ1v) is 11.4. The van der Waals surface area contributed by atoms with E-state index < -0.39 is 0 Å². The first-order valence-electron chi connectivity index (χ1n) is 11.4. The van der Waals surface area contributed by atoms with E-state index in [-0.39, 0.29) is 11.8 Å². The maximum atomic E-state index is 13.9. The summed E-state index contributed by atoms with van der Waals surface area (Å²) in [7, 11) is 0. The van der Waals surface area contributed by atoms with Gasteiger partial charge in [-0.2, -0.15) is 0 Å². The molecule has 0 bridgehead atoms. The van der Waals surface area contributed by atoms with Crippen molar-refractivity contribution in [1.82, 2.24) is 4.90 Å². The van der Waals surface area contributed by atoms with Gasteiger partial charge in [0, 0.05) is 13.1 Å². The molecule has 166 valence electrons. The first kappa shape index (κ1) is 21.0. The molecule has 0 aliphatic carbocycles. The van der Waals surface area contributed by atoms with Crippen LogP contribution in [0.5, 0.6) is 5.75 Å². The minimum absolute atomic E-state index is 0.300. The molecule has 2 aliphatic rings. The molecule has 5 nitrogen and oxygen atoms in total. The average Bonchev–Trinajstić information content (AvgIpc) is 3.12. The lowest BCUT2D eigenvalue weighted by molar-refractivity contribution is -0.120. The van der Waals surface area contributed by atoms with Gasteiger partial charge in [-0.1, -0.05) is 73.7 Å². The van der Waals surface area contributed by atoms with Gasteiger partial charge in [0.25, 0.3) is 11.8 Å². The third kappa shape index (κ3) is 3.80. The van der Waals surface area contributed by atoms with Gasteiger partial charge >= 0.3 is 0 Å². The normalized spacial score (nSPS) is 15.8. The molecule has 3 aromatic carbocycles. The second-order valence-electron chi connectivity index (χ2n) is 8.29. The maximum Gasteiger partial charge on any atom is 0.282 e. The molecule has 33 heavy (non-hydrogen) atoms. The van der Waals surface area contributed by atoms with Crippen molar-refractivity contribution in [3.8, 4) is 5.75 Å². The quantitative estimate of drug-likeness (QED) is 0.518. The van der Waals surface area contributed by atoms with Gasteiger partial charge in [0.1, 0.15) is 11.4 Å². The van der Waals surface area contributed by atoms with Gasteiger partial charge in [0.15, 0.2) is 0 Å². The summed E-state index contributed by atoms with van der Waals surface area (Å²) in [6, 6.07) is 25.0. The topological polar surface area (TPSA) is 49.9 Å². The molecule has 0 saturated heterocycles. The zero-order valence-corrected chi connectivity index (χ0v) is 18.7. The highest BCUT2D eigenvalue weighted by molar-refractivity contribution is 6.45. The van der Waals surface area contributed by atoms with E-state index in [0.29, 0.717) is 42.4 Å². The van der Waals surface area contributed by atoms with Crippen molar-refractivity contribution in [2.45, 2.75) is 26.3 Å². The van der Waals surface area contributed by atoms with Crippen LogP contribution in [0, 0.1) is 0 Å². The number of benzene rings is 3. The van der Waals surface area contributed by atoms with Crippen LogP contribution in [-0.4, -0.2) is 29.9 Å². The largest absolute Gasteiger partial charge is 0.491 e. The van der Waals surface area contributed by atoms with Crippen LogP contribution in [0.25, 0.3) is 5.57 Å². The van der Waals surface area contributed by atoms with E-state index in [2.05, 4.69) is 17.0 Å². The number of nitrogens with zero attached hydrogens (tertiary/aromatic N) is 2. The lowest BCUT2D eigenvalue weighted by atomic mass is 9.98. The molecule has 0 N–H and O–H groups in total. The van der Waals surface area contributed by atoms with Crippen molar-refractivity contribution >= 4 is 23.1 Å². The molecule has 0 radical (unpaired) electrons. The standard InChI is InChI=1S/C28H26N2O3/c1-2-18-33-24-15-9-8-14-23(24)30-27(31)25(21-11-4-3-5-12-21)26(28(30)32)29-17-16-20-10-6-7-13-22(20)19-29/h3-15H,2,16-19H2,1H3. The minimum Gasteiger partial charge on any atom is -0.491 e. The van der Waals surface area contributed by atoms with Gasteiger partial charge in [0.2, 0.25) is 0 Å². The molecule has 3 aromatic rings. The number of hydrogen-bond acceptors (Lipinski definition) is 4. The van der Waals surface area contributed by atoms with Crippen molar-refractivity contribution in [2.24, 2.45) is 0 Å². The van der Waals surface area contributed by atoms with Crippen LogP contribution in [0.2, 0.25) is 0 Å². The number of imide groups is 1. The van der Waals surface area contributed by atoms with Crippen molar-refractivity contribution in [3.05, 3.63) is 101 Å². The predicted octanol–water partition coefficient (Wildman–Crippen LogP) is 4.82. The lowest BCUT2D eigenvalue weighted by Gasteiger charge is -2.31. The Morgan fingerprint density at radius 2 is 1.52 bits per heavy atom. The average molecular weight is 439 g/mol. The Hall–Kier alpha value is -3.86. The highest BCUT2D eigenvalue weighted by Gasteiger charge is 2.43. The predicted molar refractivity (Wildman–Crippen MR) is 129 cm³/mol. The lowest BCUT2D eigenvalue weighted by Crippen LogP contribution is -2.37. The van der Waals surface area contributed by atoms with Crippen LogP contribution in [0.15, 0.2) is 84.6 Å². The molecule has 5 rings (SSSR count). The number of para-hydroxylation sites is 2. The van der Waals surface area contributed by atoms with Crippen molar-refractivity contribution in [1.29, 1.82) is 0 Å². The van der Waals surface area contributed by atoms with E-state index in [1.54, 1.807) is 6.07 Å². The fourth-order valence-corrected chi connectivity index (χ4v) is 4.56. The molecular formula is C28H26N2O3. The molecule has 0 spiro atoms. The Balaban J connectivity index is 1.59. The second kappa shape index (κ2) is 8.94. The summed E-state index contributed by atoms with van der Waals surface area (Å²) >= 11 is 0. The van der Waals surface area contributed by atoms with Crippen LogP contribution in [0.4, 0.5) is 5.69 Å². The minimum atomic E-state index is -0.312. The summed E-state index contributed by atoms with van der Waals surface area (Å²) < 4.78 is 5.89. The molecule has 0 fully saturated rings. The fraction of sp³-hybridized carbons (Fsp3) is 0.214. The Morgan fingerprint density at radius 1 is 0.818 bits per heavy atom. The molecule has 0 atom stereocenters. The van der Waals surface area contributed by atoms with E-state index in [1.807, 2.05) is 67.6 Å². The zero-order chi connectivity index (χ0) is 22.8. The number of ether oxygens (including phenoxy) is 1. The zero-order valence-electron chi connectivity index (χ0n) is 18.7. The van der Waals surface area contributed by atoms with Crippen LogP contribution in [0.3, 0.4) is 0 Å². The Labute approximate surface area is 193 Å². The Bertz CT molecular complexity index is 1230. The molecule has 0 unspecified atom stereocenters. The molecule has 0 aromatic heterocycles. The second-order valence-corrected chi connectivity index (χ2v) is 8.29. The Kier molecular flexibility index (Phi) is 5.69. The van der Waals surface area contributed by atoms with E-state index in [1.165, 1.54) is 16.0 Å². The van der Waals surface area contributed by atoms with Crippen molar-refractivity contribution in [2.75, 3.05) is 18.1 Å². The molecule has 2 aliphatic heterocycles. The number of fused-ring (bicyclic) bond motifs is 1. The summed E-state index contributed by atoms with van der Waals surface area (Å²) in [5, 5.41) is 0. The Morgan fingerprint density at radius 3 is 2.30 bits per heavy atom. The molecule has 2 heterocycles. The number of hydrogen-bond donors (Lipinski definition) is 0. The number of carbonyl (C=O) groups excluding carboxylic acids is 2. The van der Waals surface area contributed by atoms with Crippen LogP contribution < -0.4 is 9.64 Å². The van der Waals surface area contributed by atoms with Crippen LogP contribution >= 0.6 is 0 Å². The summed E-state index contributed by atoms with van der Waals surface area (Å²) in [5.41, 5.74) is 4.63. The fourth-order valence-electron chi connectivity index (χ4n) is 4.56. The summed E-state index contributed by atoms with van der Waals surface area (Å²) in [4.78, 5) is 31.0. The van der Waals surface area contributed by atoms with Gasteiger partial charge in [-0.25, -0.2) is 4.90 Å². The molecule has 5 heteroatoms. The van der Waals surface area contributed by atoms with Gasteiger partial charge in [-0.15, -0.1) is 0 Å². The smallest absolute Gasteiger partial charge is 0.282 e.